The molecule has 1 N–H and O–H groups in total. The summed E-state index contributed by atoms with van der Waals surface area (Å²) in [7, 11) is 1.68. The van der Waals surface area contributed by atoms with Gasteiger partial charge in [0, 0.05) is 39.7 Å². The molecule has 2 fully saturated rings. The topological polar surface area (TPSA) is 70.1 Å². The third-order valence-corrected chi connectivity index (χ3v) is 4.78. The van der Waals surface area contributed by atoms with Crippen molar-refractivity contribution in [3.63, 3.8) is 0 Å². The van der Waals surface area contributed by atoms with Gasteiger partial charge >= 0.3 is 12.0 Å². The molecule has 120 valence electrons. The first-order chi connectivity index (χ1) is 10.0. The summed E-state index contributed by atoms with van der Waals surface area (Å²) in [6.07, 6.45) is 3.21. The molecular formula is C15H26N2O4. The molecule has 2 heterocycles. The summed E-state index contributed by atoms with van der Waals surface area (Å²) in [5, 5.41) is 8.92. The van der Waals surface area contributed by atoms with Crippen molar-refractivity contribution in [3.05, 3.63) is 0 Å². The first-order valence-corrected chi connectivity index (χ1v) is 7.79. The molecule has 2 saturated heterocycles. The largest absolute Gasteiger partial charge is 0.481 e. The van der Waals surface area contributed by atoms with Crippen LogP contribution in [0.2, 0.25) is 0 Å². The number of rotatable bonds is 4. The number of hydrogen-bond donors (Lipinski definition) is 1. The number of carboxylic acids is 1. The van der Waals surface area contributed by atoms with E-state index in [9.17, 15) is 9.59 Å². The Bertz CT molecular complexity index is 388. The fraction of sp³-hybridized carbons (Fsp3) is 0.867. The van der Waals surface area contributed by atoms with Gasteiger partial charge in [0.15, 0.2) is 0 Å². The quantitative estimate of drug-likeness (QED) is 0.857. The van der Waals surface area contributed by atoms with Crippen LogP contribution < -0.4 is 0 Å². The monoisotopic (exact) mass is 298 g/mol. The molecule has 0 radical (unpaired) electrons. The number of methoxy groups -OCH3 is 1. The van der Waals surface area contributed by atoms with E-state index in [0.717, 1.165) is 32.4 Å². The molecule has 0 spiro atoms. The minimum atomic E-state index is -0.756. The highest BCUT2D eigenvalue weighted by Gasteiger charge is 2.33. The average Bonchev–Trinajstić information content (AvgIpc) is 2.95. The van der Waals surface area contributed by atoms with Crippen molar-refractivity contribution in [2.75, 3.05) is 33.3 Å². The average molecular weight is 298 g/mol. The molecule has 0 saturated carbocycles. The minimum absolute atomic E-state index is 0.0850. The third kappa shape index (κ3) is 4.09. The zero-order chi connectivity index (χ0) is 15.4. The standard InChI is InChI=1S/C15H26N2O4/c1-11(8-14(18)19)12-4-3-6-16(9-12)15(20)17-7-5-13(10-17)21-2/h11-13H,3-10H2,1-2H3,(H,18,19). The SMILES string of the molecule is COC1CCN(C(=O)N2CCCC(C(C)CC(=O)O)C2)C1. The second-order valence-electron chi connectivity index (χ2n) is 6.30. The molecular weight excluding hydrogens is 272 g/mol. The maximum absolute atomic E-state index is 12.5. The van der Waals surface area contributed by atoms with E-state index in [2.05, 4.69) is 0 Å². The van der Waals surface area contributed by atoms with Gasteiger partial charge in [0.25, 0.3) is 0 Å². The zero-order valence-electron chi connectivity index (χ0n) is 13.0. The summed E-state index contributed by atoms with van der Waals surface area (Å²) in [4.78, 5) is 27.1. The van der Waals surface area contributed by atoms with Gasteiger partial charge in [0.1, 0.15) is 0 Å². The van der Waals surface area contributed by atoms with Crippen LogP contribution in [0.5, 0.6) is 0 Å². The highest BCUT2D eigenvalue weighted by Crippen LogP contribution is 2.27. The van der Waals surface area contributed by atoms with Crippen molar-refractivity contribution >= 4 is 12.0 Å². The molecule has 3 unspecified atom stereocenters. The van der Waals surface area contributed by atoms with Gasteiger partial charge in [0.2, 0.25) is 0 Å². The van der Waals surface area contributed by atoms with Crippen LogP contribution in [0.3, 0.4) is 0 Å². The van der Waals surface area contributed by atoms with Gasteiger partial charge in [0.05, 0.1) is 6.10 Å². The maximum Gasteiger partial charge on any atom is 0.320 e. The first-order valence-electron chi connectivity index (χ1n) is 7.79. The van der Waals surface area contributed by atoms with Gasteiger partial charge < -0.3 is 19.6 Å². The van der Waals surface area contributed by atoms with E-state index in [-0.39, 0.29) is 24.5 Å². The molecule has 6 heteroatoms. The van der Waals surface area contributed by atoms with Crippen molar-refractivity contribution in [2.45, 2.75) is 38.7 Å². The van der Waals surface area contributed by atoms with Crippen LogP contribution >= 0.6 is 0 Å². The summed E-state index contributed by atoms with van der Waals surface area (Å²) >= 11 is 0. The smallest absolute Gasteiger partial charge is 0.320 e. The van der Waals surface area contributed by atoms with E-state index < -0.39 is 5.97 Å². The molecule has 21 heavy (non-hydrogen) atoms. The molecule has 2 aliphatic heterocycles. The summed E-state index contributed by atoms with van der Waals surface area (Å²) < 4.78 is 5.30. The number of likely N-dealkylation sites (tertiary alicyclic amines) is 2. The van der Waals surface area contributed by atoms with Crippen molar-refractivity contribution < 1.29 is 19.4 Å². The zero-order valence-corrected chi connectivity index (χ0v) is 13.0. The predicted octanol–water partition coefficient (Wildman–Crippen LogP) is 1.65. The lowest BCUT2D eigenvalue weighted by Gasteiger charge is -2.37. The van der Waals surface area contributed by atoms with Gasteiger partial charge in [-0.3, -0.25) is 4.79 Å². The predicted molar refractivity (Wildman–Crippen MR) is 78.1 cm³/mol. The second-order valence-corrected chi connectivity index (χ2v) is 6.30. The lowest BCUT2D eigenvalue weighted by Crippen LogP contribution is -2.48. The van der Waals surface area contributed by atoms with Crippen LogP contribution in [0, 0.1) is 11.8 Å². The van der Waals surface area contributed by atoms with Gasteiger partial charge in [-0.05, 0) is 31.1 Å². The Hall–Kier alpha value is -1.30. The van der Waals surface area contributed by atoms with Crippen molar-refractivity contribution in [1.29, 1.82) is 0 Å². The number of amides is 2. The van der Waals surface area contributed by atoms with Crippen LogP contribution in [0.1, 0.15) is 32.6 Å². The molecule has 2 rings (SSSR count). The van der Waals surface area contributed by atoms with E-state index >= 15 is 0 Å². The van der Waals surface area contributed by atoms with E-state index in [0.29, 0.717) is 19.0 Å². The van der Waals surface area contributed by atoms with Crippen LogP contribution in [0.15, 0.2) is 0 Å². The minimum Gasteiger partial charge on any atom is -0.481 e. The number of ether oxygens (including phenoxy) is 1. The number of piperidine rings is 1. The van der Waals surface area contributed by atoms with Crippen molar-refractivity contribution in [1.82, 2.24) is 9.80 Å². The summed E-state index contributed by atoms with van der Waals surface area (Å²) in [6.45, 7) is 4.86. The Kier molecular flexibility index (Phi) is 5.45. The molecule has 3 atom stereocenters. The highest BCUT2D eigenvalue weighted by atomic mass is 16.5. The number of carbonyl (C=O) groups is 2. The fourth-order valence-corrected chi connectivity index (χ4v) is 3.38. The molecule has 0 aromatic carbocycles. The lowest BCUT2D eigenvalue weighted by atomic mass is 9.85. The van der Waals surface area contributed by atoms with Gasteiger partial charge in [-0.1, -0.05) is 6.92 Å². The number of carbonyl (C=O) groups excluding carboxylic acids is 1. The summed E-state index contributed by atoms with van der Waals surface area (Å²) in [5.41, 5.74) is 0. The van der Waals surface area contributed by atoms with Crippen molar-refractivity contribution in [2.24, 2.45) is 11.8 Å². The van der Waals surface area contributed by atoms with Crippen LogP contribution in [0.25, 0.3) is 0 Å². The van der Waals surface area contributed by atoms with Crippen LogP contribution in [-0.2, 0) is 9.53 Å². The fourth-order valence-electron chi connectivity index (χ4n) is 3.38. The molecule has 0 aliphatic carbocycles. The number of carboxylic acid groups (broad SMARTS) is 1. The Labute approximate surface area is 126 Å². The van der Waals surface area contributed by atoms with Gasteiger partial charge in [-0.2, -0.15) is 0 Å². The van der Waals surface area contributed by atoms with Gasteiger partial charge in [-0.15, -0.1) is 0 Å². The van der Waals surface area contributed by atoms with Gasteiger partial charge in [-0.25, -0.2) is 4.79 Å². The second kappa shape index (κ2) is 7.11. The maximum atomic E-state index is 12.5. The molecule has 0 aromatic rings. The van der Waals surface area contributed by atoms with E-state index in [1.54, 1.807) is 7.11 Å². The van der Waals surface area contributed by atoms with E-state index in [1.165, 1.54) is 0 Å². The molecule has 2 aliphatic rings. The van der Waals surface area contributed by atoms with Crippen LogP contribution in [0.4, 0.5) is 4.79 Å². The molecule has 0 aromatic heterocycles. The number of nitrogens with zero attached hydrogens (tertiary/aromatic N) is 2. The molecule has 0 bridgehead atoms. The normalized spacial score (nSPS) is 27.7. The summed E-state index contributed by atoms with van der Waals surface area (Å²) in [6, 6.07) is 0.0850. The molecule has 2 amide bonds. The van der Waals surface area contributed by atoms with E-state index in [4.69, 9.17) is 9.84 Å². The Morgan fingerprint density at radius 1 is 1.24 bits per heavy atom. The lowest BCUT2D eigenvalue weighted by molar-refractivity contribution is -0.138. The van der Waals surface area contributed by atoms with Crippen LogP contribution in [-0.4, -0.2) is 66.3 Å². The number of hydrogen-bond acceptors (Lipinski definition) is 3. The van der Waals surface area contributed by atoms with Crippen molar-refractivity contribution in [3.8, 4) is 0 Å². The summed E-state index contributed by atoms with van der Waals surface area (Å²) in [5.74, 6) is -0.351. The molecule has 6 nitrogen and oxygen atoms in total. The Balaban J connectivity index is 1.88. The Morgan fingerprint density at radius 2 is 1.95 bits per heavy atom. The number of aliphatic carboxylic acids is 1. The first kappa shape index (κ1) is 16.1. The highest BCUT2D eigenvalue weighted by molar-refractivity contribution is 5.75. The Morgan fingerprint density at radius 3 is 2.57 bits per heavy atom. The number of urea groups is 1. The van der Waals surface area contributed by atoms with E-state index in [1.807, 2.05) is 16.7 Å². The third-order valence-electron chi connectivity index (χ3n) is 4.78.